The maximum Gasteiger partial charge on any atom is 0.416 e. The van der Waals surface area contributed by atoms with Crippen LogP contribution in [0.15, 0.2) is 28.3 Å². The van der Waals surface area contributed by atoms with E-state index in [0.29, 0.717) is 0 Å². The molecule has 0 atom stereocenters. The molecule has 1 rings (SSSR count). The molecule has 0 spiro atoms. The minimum atomic E-state index is -4.25. The first kappa shape index (κ1) is 12.3. The molecule has 5 heteroatoms. The van der Waals surface area contributed by atoms with Gasteiger partial charge in [-0.15, -0.1) is 0 Å². The highest BCUT2D eigenvalue weighted by atomic mass is 127. The van der Waals surface area contributed by atoms with E-state index < -0.39 is 11.7 Å². The van der Waals surface area contributed by atoms with E-state index in [1.165, 1.54) is 12.1 Å². The average Bonchev–Trinajstić information content (AvgIpc) is 2.15. The Morgan fingerprint density at radius 3 is 2.00 bits per heavy atom. The highest BCUT2D eigenvalue weighted by molar-refractivity contribution is 14.1. The Hall–Kier alpha value is 0.210. The van der Waals surface area contributed by atoms with Crippen molar-refractivity contribution < 1.29 is 13.2 Å². The summed E-state index contributed by atoms with van der Waals surface area (Å²) in [5.74, 6) is 0. The molecule has 0 aliphatic rings. The summed E-state index contributed by atoms with van der Waals surface area (Å²) in [6.07, 6.45) is -4.25. The van der Waals surface area contributed by atoms with Crippen molar-refractivity contribution in [3.8, 4) is 0 Å². The number of benzene rings is 1. The van der Waals surface area contributed by atoms with E-state index >= 15 is 0 Å². The van der Waals surface area contributed by atoms with Crippen LogP contribution in [0.3, 0.4) is 0 Å². The fourth-order valence-electron chi connectivity index (χ4n) is 0.881. The van der Waals surface area contributed by atoms with Crippen LogP contribution in [0.1, 0.15) is 11.1 Å². The Bertz CT molecular complexity index is 338. The van der Waals surface area contributed by atoms with Crippen LogP contribution < -0.4 is 0 Å². The lowest BCUT2D eigenvalue weighted by Crippen LogP contribution is -2.04. The predicted octanol–water partition coefficient (Wildman–Crippen LogP) is 4.87. The van der Waals surface area contributed by atoms with Crippen molar-refractivity contribution in [2.24, 2.45) is 0 Å². The van der Waals surface area contributed by atoms with Crippen LogP contribution in [-0.4, -0.2) is 0 Å². The van der Waals surface area contributed by atoms with Crippen molar-refractivity contribution in [1.29, 1.82) is 0 Å². The standard InChI is InChI=1S/C9H5F3I2/c10-9(11,12)7-3-1-6(2-4-7)8(14)5-13/h1-5H/b8-5+. The summed E-state index contributed by atoms with van der Waals surface area (Å²) in [6, 6.07) is 5.13. The van der Waals surface area contributed by atoms with E-state index in [4.69, 9.17) is 0 Å². The number of halogens is 5. The molecule has 0 saturated carbocycles. The molecule has 0 bridgehead atoms. The van der Waals surface area contributed by atoms with Crippen LogP contribution in [0.4, 0.5) is 13.2 Å². The minimum Gasteiger partial charge on any atom is -0.166 e. The molecule has 0 nitrogen and oxygen atoms in total. The van der Waals surface area contributed by atoms with Crippen LogP contribution in [0.5, 0.6) is 0 Å². The number of rotatable bonds is 1. The summed E-state index contributed by atoms with van der Waals surface area (Å²) in [7, 11) is 0. The van der Waals surface area contributed by atoms with Crippen LogP contribution >= 0.6 is 45.2 Å². The van der Waals surface area contributed by atoms with Gasteiger partial charge in [0.05, 0.1) is 5.56 Å². The zero-order valence-electron chi connectivity index (χ0n) is 6.78. The zero-order valence-corrected chi connectivity index (χ0v) is 11.1. The molecule has 0 amide bonds. The van der Waals surface area contributed by atoms with Crippen molar-refractivity contribution >= 4 is 48.8 Å². The summed E-state index contributed by atoms with van der Waals surface area (Å²) >= 11 is 4.13. The summed E-state index contributed by atoms with van der Waals surface area (Å²) in [4.78, 5) is 0. The molecular formula is C9H5F3I2. The second-order valence-electron chi connectivity index (χ2n) is 2.53. The summed E-state index contributed by atoms with van der Waals surface area (Å²) < 4.78 is 39.3. The highest BCUT2D eigenvalue weighted by Gasteiger charge is 2.29. The van der Waals surface area contributed by atoms with Crippen molar-refractivity contribution in [1.82, 2.24) is 0 Å². The monoisotopic (exact) mass is 424 g/mol. The van der Waals surface area contributed by atoms with Gasteiger partial charge in [0.2, 0.25) is 0 Å². The van der Waals surface area contributed by atoms with Gasteiger partial charge in [0.25, 0.3) is 0 Å². The van der Waals surface area contributed by atoms with E-state index in [0.717, 1.165) is 21.3 Å². The second kappa shape index (κ2) is 4.82. The van der Waals surface area contributed by atoms with Crippen molar-refractivity contribution in [2.75, 3.05) is 0 Å². The predicted molar refractivity (Wildman–Crippen MR) is 67.5 cm³/mol. The number of hydrogen-bond acceptors (Lipinski definition) is 0. The Labute approximate surface area is 107 Å². The molecule has 0 heterocycles. The lowest BCUT2D eigenvalue weighted by atomic mass is 10.1. The topological polar surface area (TPSA) is 0 Å². The minimum absolute atomic E-state index is 0.612. The van der Waals surface area contributed by atoms with Gasteiger partial charge in [-0.3, -0.25) is 0 Å². The molecule has 0 aromatic heterocycles. The maximum absolute atomic E-state index is 12.2. The normalized spacial score (nSPS) is 13.1. The Morgan fingerprint density at radius 1 is 1.14 bits per heavy atom. The second-order valence-corrected chi connectivity index (χ2v) is 4.32. The van der Waals surface area contributed by atoms with Crippen LogP contribution in [0, 0.1) is 0 Å². The molecule has 14 heavy (non-hydrogen) atoms. The summed E-state index contributed by atoms with van der Waals surface area (Å²) in [5.41, 5.74) is 0.187. The van der Waals surface area contributed by atoms with Gasteiger partial charge in [0, 0.05) is 3.58 Å². The van der Waals surface area contributed by atoms with Gasteiger partial charge >= 0.3 is 6.18 Å². The van der Waals surface area contributed by atoms with Gasteiger partial charge in [-0.05, 0) is 44.4 Å². The van der Waals surface area contributed by atoms with E-state index in [-0.39, 0.29) is 0 Å². The number of hydrogen-bond donors (Lipinski definition) is 0. The van der Waals surface area contributed by atoms with Crippen LogP contribution in [-0.2, 0) is 6.18 Å². The highest BCUT2D eigenvalue weighted by Crippen LogP contribution is 2.31. The molecule has 1 aromatic carbocycles. The molecule has 76 valence electrons. The van der Waals surface area contributed by atoms with Gasteiger partial charge in [-0.2, -0.15) is 13.2 Å². The fourth-order valence-corrected chi connectivity index (χ4v) is 1.60. The third-order valence-electron chi connectivity index (χ3n) is 1.58. The molecule has 0 saturated heterocycles. The molecule has 0 aliphatic heterocycles. The molecule has 0 N–H and O–H groups in total. The third kappa shape index (κ3) is 3.11. The van der Waals surface area contributed by atoms with E-state index in [2.05, 4.69) is 45.2 Å². The van der Waals surface area contributed by atoms with Gasteiger partial charge in [-0.25, -0.2) is 0 Å². The van der Waals surface area contributed by atoms with Crippen LogP contribution in [0.25, 0.3) is 3.58 Å². The Kier molecular flexibility index (Phi) is 4.23. The number of alkyl halides is 3. The third-order valence-corrected chi connectivity index (χ3v) is 4.33. The zero-order chi connectivity index (χ0) is 10.8. The first-order valence-corrected chi connectivity index (χ1v) is 5.91. The SMILES string of the molecule is FC(F)(F)c1ccc(/C(I)=C\I)cc1. The van der Waals surface area contributed by atoms with E-state index in [1.807, 2.05) is 4.08 Å². The molecule has 0 aliphatic carbocycles. The average molecular weight is 424 g/mol. The summed E-state index contributed by atoms with van der Waals surface area (Å²) in [5, 5.41) is 0. The smallest absolute Gasteiger partial charge is 0.166 e. The molecule has 0 fully saturated rings. The molecule has 1 aromatic rings. The van der Waals surface area contributed by atoms with Gasteiger partial charge in [-0.1, -0.05) is 34.7 Å². The Morgan fingerprint density at radius 2 is 1.64 bits per heavy atom. The lowest BCUT2D eigenvalue weighted by Gasteiger charge is -2.06. The first-order valence-electron chi connectivity index (χ1n) is 3.58. The molecule has 0 unspecified atom stereocenters. The van der Waals surface area contributed by atoms with E-state index in [1.54, 1.807) is 0 Å². The van der Waals surface area contributed by atoms with Crippen molar-refractivity contribution in [2.45, 2.75) is 6.18 Å². The van der Waals surface area contributed by atoms with Crippen molar-refractivity contribution in [3.63, 3.8) is 0 Å². The first-order chi connectivity index (χ1) is 6.45. The molecular weight excluding hydrogens is 419 g/mol. The van der Waals surface area contributed by atoms with Gasteiger partial charge < -0.3 is 0 Å². The largest absolute Gasteiger partial charge is 0.416 e. The summed E-state index contributed by atoms with van der Waals surface area (Å²) in [6.45, 7) is 0. The quantitative estimate of drug-likeness (QED) is 0.565. The maximum atomic E-state index is 12.2. The molecule has 0 radical (unpaired) electrons. The van der Waals surface area contributed by atoms with Gasteiger partial charge in [0.1, 0.15) is 0 Å². The lowest BCUT2D eigenvalue weighted by molar-refractivity contribution is -0.137. The van der Waals surface area contributed by atoms with Crippen molar-refractivity contribution in [3.05, 3.63) is 39.5 Å². The fraction of sp³-hybridized carbons (Fsp3) is 0.111. The Balaban J connectivity index is 3.01. The van der Waals surface area contributed by atoms with E-state index in [9.17, 15) is 13.2 Å². The van der Waals surface area contributed by atoms with Crippen LogP contribution in [0.2, 0.25) is 0 Å². The van der Waals surface area contributed by atoms with Gasteiger partial charge in [0.15, 0.2) is 0 Å².